The first-order valence-electron chi connectivity index (χ1n) is 5.72. The molecule has 0 radical (unpaired) electrons. The fraction of sp³-hybridized carbons (Fsp3) is 0.385. The Morgan fingerprint density at radius 3 is 2.45 bits per heavy atom. The number of aromatic carboxylic acids is 1. The zero-order chi connectivity index (χ0) is 15.3. The van der Waals surface area contributed by atoms with Crippen LogP contribution in [-0.4, -0.2) is 22.5 Å². The lowest BCUT2D eigenvalue weighted by molar-refractivity contribution is -0.138. The van der Waals surface area contributed by atoms with Crippen molar-refractivity contribution in [3.8, 4) is 5.75 Å². The SMILES string of the molecule is CC1(C)Oc2cc(C(F)(F)F)c(C(=O)O)cc2CC1=O. The van der Waals surface area contributed by atoms with Gasteiger partial charge in [0.05, 0.1) is 11.1 Å². The molecule has 2 rings (SSSR count). The zero-order valence-corrected chi connectivity index (χ0v) is 10.7. The van der Waals surface area contributed by atoms with E-state index in [1.165, 1.54) is 13.8 Å². The number of alkyl halides is 3. The molecule has 0 amide bonds. The molecule has 0 aromatic heterocycles. The molecular formula is C13H11F3O4. The van der Waals surface area contributed by atoms with E-state index < -0.39 is 28.9 Å². The first-order valence-corrected chi connectivity index (χ1v) is 5.72. The molecule has 0 saturated heterocycles. The molecule has 0 bridgehead atoms. The van der Waals surface area contributed by atoms with Crippen molar-refractivity contribution in [3.05, 3.63) is 28.8 Å². The minimum Gasteiger partial charge on any atom is -0.480 e. The summed E-state index contributed by atoms with van der Waals surface area (Å²) in [5, 5.41) is 8.87. The van der Waals surface area contributed by atoms with E-state index in [1.54, 1.807) is 0 Å². The standard InChI is InChI=1S/C13H11F3O4/c1-12(2)10(17)4-6-3-7(11(18)19)8(13(14,15)16)5-9(6)20-12/h3,5H,4H2,1-2H3,(H,18,19). The minimum absolute atomic E-state index is 0.105. The number of ketones is 1. The Morgan fingerprint density at radius 1 is 1.35 bits per heavy atom. The van der Waals surface area contributed by atoms with Crippen LogP contribution in [0.3, 0.4) is 0 Å². The Hall–Kier alpha value is -2.05. The predicted molar refractivity (Wildman–Crippen MR) is 61.8 cm³/mol. The van der Waals surface area contributed by atoms with Crippen molar-refractivity contribution in [2.45, 2.75) is 32.0 Å². The van der Waals surface area contributed by atoms with E-state index in [-0.39, 0.29) is 23.5 Å². The average molecular weight is 288 g/mol. The van der Waals surface area contributed by atoms with Crippen molar-refractivity contribution < 1.29 is 32.6 Å². The van der Waals surface area contributed by atoms with Crippen molar-refractivity contribution in [3.63, 3.8) is 0 Å². The van der Waals surface area contributed by atoms with Gasteiger partial charge in [0.25, 0.3) is 0 Å². The third-order valence-corrected chi connectivity index (χ3v) is 3.12. The Labute approximate surface area is 112 Å². The van der Waals surface area contributed by atoms with Crippen molar-refractivity contribution in [2.75, 3.05) is 0 Å². The summed E-state index contributed by atoms with van der Waals surface area (Å²) < 4.78 is 43.8. The van der Waals surface area contributed by atoms with Crippen molar-refractivity contribution in [1.29, 1.82) is 0 Å². The highest BCUT2D eigenvalue weighted by atomic mass is 19.4. The number of hydrogen-bond acceptors (Lipinski definition) is 3. The van der Waals surface area contributed by atoms with Gasteiger partial charge >= 0.3 is 12.1 Å². The maximum absolute atomic E-state index is 12.9. The number of carboxylic acid groups (broad SMARTS) is 1. The molecule has 108 valence electrons. The van der Waals surface area contributed by atoms with E-state index >= 15 is 0 Å². The second-order valence-electron chi connectivity index (χ2n) is 5.02. The first kappa shape index (κ1) is 14.4. The summed E-state index contributed by atoms with van der Waals surface area (Å²) in [5.41, 5.74) is -3.23. The van der Waals surface area contributed by atoms with E-state index in [0.29, 0.717) is 6.07 Å². The number of hydrogen-bond donors (Lipinski definition) is 1. The van der Waals surface area contributed by atoms with Crippen LogP contribution in [0.25, 0.3) is 0 Å². The highest BCUT2D eigenvalue weighted by molar-refractivity contribution is 5.94. The Kier molecular flexibility index (Phi) is 3.03. The molecule has 20 heavy (non-hydrogen) atoms. The van der Waals surface area contributed by atoms with Crippen LogP contribution in [0.15, 0.2) is 12.1 Å². The quantitative estimate of drug-likeness (QED) is 0.863. The summed E-state index contributed by atoms with van der Waals surface area (Å²) in [6.45, 7) is 2.91. The molecular weight excluding hydrogens is 277 g/mol. The summed E-state index contributed by atoms with van der Waals surface area (Å²) in [5.74, 6) is -2.12. The summed E-state index contributed by atoms with van der Waals surface area (Å²) >= 11 is 0. The number of benzene rings is 1. The molecule has 1 aromatic rings. The molecule has 0 unspecified atom stereocenters. The van der Waals surface area contributed by atoms with Gasteiger partial charge in [-0.2, -0.15) is 13.2 Å². The molecule has 0 spiro atoms. The molecule has 1 aromatic carbocycles. The summed E-state index contributed by atoms with van der Waals surface area (Å²) in [4.78, 5) is 22.7. The highest BCUT2D eigenvalue weighted by Gasteiger charge is 2.40. The number of rotatable bonds is 1. The number of ether oxygens (including phenoxy) is 1. The average Bonchev–Trinajstić information content (AvgIpc) is 2.27. The lowest BCUT2D eigenvalue weighted by Crippen LogP contribution is -2.42. The van der Waals surface area contributed by atoms with Crippen molar-refractivity contribution in [2.24, 2.45) is 0 Å². The van der Waals surface area contributed by atoms with Gasteiger partial charge in [-0.15, -0.1) is 0 Å². The maximum atomic E-state index is 12.9. The van der Waals surface area contributed by atoms with E-state index in [4.69, 9.17) is 9.84 Å². The van der Waals surface area contributed by atoms with Gasteiger partial charge in [-0.3, -0.25) is 4.79 Å². The number of fused-ring (bicyclic) bond motifs is 1. The fourth-order valence-corrected chi connectivity index (χ4v) is 1.99. The van der Waals surface area contributed by atoms with Crippen LogP contribution in [0.4, 0.5) is 13.2 Å². The largest absolute Gasteiger partial charge is 0.480 e. The van der Waals surface area contributed by atoms with Gasteiger partial charge in [0.15, 0.2) is 11.4 Å². The van der Waals surface area contributed by atoms with Crippen LogP contribution in [0.5, 0.6) is 5.75 Å². The van der Waals surface area contributed by atoms with Gasteiger partial charge in [0, 0.05) is 12.0 Å². The lowest BCUT2D eigenvalue weighted by Gasteiger charge is -2.31. The normalized spacial score (nSPS) is 17.4. The molecule has 4 nitrogen and oxygen atoms in total. The third kappa shape index (κ3) is 2.35. The molecule has 1 N–H and O–H groups in total. The van der Waals surface area contributed by atoms with E-state index in [0.717, 1.165) is 6.07 Å². The number of carbonyl (C=O) groups excluding carboxylic acids is 1. The first-order chi connectivity index (χ1) is 9.02. The Balaban J connectivity index is 2.64. The smallest absolute Gasteiger partial charge is 0.417 e. The van der Waals surface area contributed by atoms with Crippen molar-refractivity contribution >= 4 is 11.8 Å². The summed E-state index contributed by atoms with van der Waals surface area (Å²) in [6.07, 6.45) is -4.96. The van der Waals surface area contributed by atoms with Gasteiger partial charge in [-0.05, 0) is 26.0 Å². The Bertz CT molecular complexity index is 602. The van der Waals surface area contributed by atoms with Gasteiger partial charge in [0.2, 0.25) is 0 Å². The van der Waals surface area contributed by atoms with Gasteiger partial charge < -0.3 is 9.84 Å². The molecule has 0 aliphatic carbocycles. The van der Waals surface area contributed by atoms with E-state index in [9.17, 15) is 22.8 Å². The van der Waals surface area contributed by atoms with Gasteiger partial charge in [-0.1, -0.05) is 0 Å². The van der Waals surface area contributed by atoms with Crippen LogP contribution >= 0.6 is 0 Å². The maximum Gasteiger partial charge on any atom is 0.417 e. The third-order valence-electron chi connectivity index (χ3n) is 3.12. The summed E-state index contributed by atoms with van der Waals surface area (Å²) in [6, 6.07) is 1.50. The van der Waals surface area contributed by atoms with Crippen LogP contribution in [0.1, 0.15) is 35.3 Å². The molecule has 7 heteroatoms. The van der Waals surface area contributed by atoms with E-state index in [2.05, 4.69) is 0 Å². The fourth-order valence-electron chi connectivity index (χ4n) is 1.99. The number of carboxylic acids is 1. The van der Waals surface area contributed by atoms with Crippen molar-refractivity contribution in [1.82, 2.24) is 0 Å². The van der Waals surface area contributed by atoms with Crippen LogP contribution < -0.4 is 4.74 Å². The monoisotopic (exact) mass is 288 g/mol. The minimum atomic E-state index is -4.81. The molecule has 0 saturated carbocycles. The molecule has 1 heterocycles. The number of Topliss-reactive ketones (excluding diaryl/α,β-unsaturated/α-hetero) is 1. The predicted octanol–water partition coefficient (Wildman–Crippen LogP) is 2.69. The lowest BCUT2D eigenvalue weighted by atomic mass is 9.90. The number of halogens is 3. The van der Waals surface area contributed by atoms with Gasteiger partial charge in [-0.25, -0.2) is 4.79 Å². The van der Waals surface area contributed by atoms with Gasteiger partial charge in [0.1, 0.15) is 5.75 Å². The van der Waals surface area contributed by atoms with Crippen LogP contribution in [-0.2, 0) is 17.4 Å². The van der Waals surface area contributed by atoms with E-state index in [1.807, 2.05) is 0 Å². The second-order valence-corrected chi connectivity index (χ2v) is 5.02. The second kappa shape index (κ2) is 4.22. The topological polar surface area (TPSA) is 63.6 Å². The molecule has 1 aliphatic rings. The number of carbonyl (C=O) groups is 2. The Morgan fingerprint density at radius 2 is 1.95 bits per heavy atom. The zero-order valence-electron chi connectivity index (χ0n) is 10.7. The van der Waals surface area contributed by atoms with Crippen LogP contribution in [0.2, 0.25) is 0 Å². The molecule has 0 fully saturated rings. The van der Waals surface area contributed by atoms with Crippen LogP contribution in [0, 0.1) is 0 Å². The summed E-state index contributed by atoms with van der Waals surface area (Å²) in [7, 11) is 0. The molecule has 0 atom stereocenters. The molecule has 1 aliphatic heterocycles. The highest BCUT2D eigenvalue weighted by Crippen LogP contribution is 2.39.